The Labute approximate surface area is 126 Å². The van der Waals surface area contributed by atoms with Crippen molar-refractivity contribution in [3.63, 3.8) is 0 Å². The van der Waals surface area contributed by atoms with E-state index in [0.717, 1.165) is 5.52 Å². The van der Waals surface area contributed by atoms with Gasteiger partial charge in [-0.2, -0.15) is 5.10 Å². The third-order valence-corrected chi connectivity index (χ3v) is 3.27. The van der Waals surface area contributed by atoms with Crippen LogP contribution in [0.15, 0.2) is 27.6 Å². The Kier molecular flexibility index (Phi) is 3.09. The Balaban J connectivity index is 2.06. The third-order valence-electron chi connectivity index (χ3n) is 3.27. The zero-order valence-corrected chi connectivity index (χ0v) is 13.0. The van der Waals surface area contributed by atoms with Gasteiger partial charge in [0.05, 0.1) is 11.8 Å². The summed E-state index contributed by atoms with van der Waals surface area (Å²) in [5.41, 5.74) is 1.20. The van der Waals surface area contributed by atoms with E-state index in [9.17, 15) is 9.59 Å². The molecule has 116 valence electrons. The van der Waals surface area contributed by atoms with E-state index in [1.54, 1.807) is 29.7 Å². The van der Waals surface area contributed by atoms with E-state index >= 15 is 0 Å². The largest absolute Gasteiger partial charge is 0.463 e. The van der Waals surface area contributed by atoms with Crippen molar-refractivity contribution in [3.05, 3.63) is 34.6 Å². The highest BCUT2D eigenvalue weighted by molar-refractivity contribution is 5.82. The standard InChI is InChI=1S/C15H18N4O3/c1-9-17-18(8-13(20)16-15(2,3)4)14(21)11-7-12-10(19(9)11)5-6-22-12/h5-7H,8H2,1-4H3,(H,16,20). The van der Waals surface area contributed by atoms with Gasteiger partial charge < -0.3 is 9.73 Å². The monoisotopic (exact) mass is 302 g/mol. The first-order chi connectivity index (χ1) is 10.3. The molecule has 3 aromatic rings. The molecule has 1 amide bonds. The minimum atomic E-state index is -0.352. The molecule has 3 heterocycles. The molecular formula is C15H18N4O3. The van der Waals surface area contributed by atoms with E-state index in [0.29, 0.717) is 16.9 Å². The van der Waals surface area contributed by atoms with Gasteiger partial charge in [0, 0.05) is 17.7 Å². The molecule has 0 saturated heterocycles. The fourth-order valence-corrected chi connectivity index (χ4v) is 2.53. The number of carbonyl (C=O) groups excluding carboxylic acids is 1. The predicted molar refractivity (Wildman–Crippen MR) is 81.9 cm³/mol. The van der Waals surface area contributed by atoms with Gasteiger partial charge >= 0.3 is 0 Å². The molecule has 0 saturated carbocycles. The van der Waals surface area contributed by atoms with Gasteiger partial charge in [0.15, 0.2) is 5.58 Å². The van der Waals surface area contributed by atoms with Crippen LogP contribution in [-0.2, 0) is 11.3 Å². The molecule has 0 unspecified atom stereocenters. The molecule has 0 aromatic carbocycles. The van der Waals surface area contributed by atoms with Crippen LogP contribution in [0.25, 0.3) is 16.6 Å². The predicted octanol–water partition coefficient (Wildman–Crippen LogP) is 1.47. The zero-order valence-electron chi connectivity index (χ0n) is 13.0. The smallest absolute Gasteiger partial charge is 0.291 e. The Hall–Kier alpha value is -2.57. The Morgan fingerprint density at radius 2 is 2.09 bits per heavy atom. The summed E-state index contributed by atoms with van der Waals surface area (Å²) in [4.78, 5) is 24.5. The molecule has 0 spiro atoms. The second-order valence-electron chi connectivity index (χ2n) is 6.34. The molecule has 0 aliphatic carbocycles. The van der Waals surface area contributed by atoms with Crippen LogP contribution in [0.5, 0.6) is 0 Å². The molecular weight excluding hydrogens is 284 g/mol. The minimum Gasteiger partial charge on any atom is -0.463 e. The van der Waals surface area contributed by atoms with Gasteiger partial charge in [-0.1, -0.05) is 0 Å². The van der Waals surface area contributed by atoms with Gasteiger partial charge in [-0.15, -0.1) is 0 Å². The molecule has 0 atom stereocenters. The number of fused-ring (bicyclic) bond motifs is 3. The van der Waals surface area contributed by atoms with Gasteiger partial charge in [0.2, 0.25) is 5.91 Å². The average molecular weight is 302 g/mol. The first-order valence-corrected chi connectivity index (χ1v) is 7.04. The van der Waals surface area contributed by atoms with E-state index in [-0.39, 0.29) is 23.6 Å². The second-order valence-corrected chi connectivity index (χ2v) is 6.34. The van der Waals surface area contributed by atoms with Crippen LogP contribution in [-0.4, -0.2) is 25.6 Å². The fraction of sp³-hybridized carbons (Fsp3) is 0.400. The normalized spacial score (nSPS) is 12.2. The minimum absolute atomic E-state index is 0.111. The van der Waals surface area contributed by atoms with Crippen LogP contribution in [0.3, 0.4) is 0 Å². The van der Waals surface area contributed by atoms with Crippen molar-refractivity contribution in [2.45, 2.75) is 39.8 Å². The van der Waals surface area contributed by atoms with Crippen molar-refractivity contribution >= 4 is 22.5 Å². The summed E-state index contributed by atoms with van der Waals surface area (Å²) in [7, 11) is 0. The summed E-state index contributed by atoms with van der Waals surface area (Å²) in [5.74, 6) is 0.371. The van der Waals surface area contributed by atoms with Crippen LogP contribution in [0.2, 0.25) is 0 Å². The van der Waals surface area contributed by atoms with Crippen LogP contribution in [0, 0.1) is 6.92 Å². The highest BCUT2D eigenvalue weighted by atomic mass is 16.3. The number of nitrogens with one attached hydrogen (secondary N) is 1. The van der Waals surface area contributed by atoms with E-state index in [1.807, 2.05) is 20.8 Å². The molecule has 0 radical (unpaired) electrons. The molecule has 0 aliphatic rings. The maximum absolute atomic E-state index is 12.5. The number of amides is 1. The van der Waals surface area contributed by atoms with Gasteiger partial charge in [-0.05, 0) is 27.7 Å². The molecule has 22 heavy (non-hydrogen) atoms. The highest BCUT2D eigenvalue weighted by Gasteiger charge is 2.18. The summed E-state index contributed by atoms with van der Waals surface area (Å²) in [6.07, 6.45) is 1.57. The second kappa shape index (κ2) is 4.72. The fourth-order valence-electron chi connectivity index (χ4n) is 2.53. The van der Waals surface area contributed by atoms with Gasteiger partial charge in [0.25, 0.3) is 5.56 Å². The molecule has 7 heteroatoms. The SMILES string of the molecule is Cc1nn(CC(=O)NC(C)(C)C)c(=O)c2cc3occc3n12. The van der Waals surface area contributed by atoms with Crippen molar-refractivity contribution in [2.24, 2.45) is 0 Å². The third kappa shape index (κ3) is 2.38. The topological polar surface area (TPSA) is 81.5 Å². The lowest BCUT2D eigenvalue weighted by Gasteiger charge is -2.20. The van der Waals surface area contributed by atoms with E-state index in [4.69, 9.17) is 4.42 Å². The van der Waals surface area contributed by atoms with Crippen LogP contribution >= 0.6 is 0 Å². The van der Waals surface area contributed by atoms with Crippen LogP contribution in [0.4, 0.5) is 0 Å². The zero-order chi connectivity index (χ0) is 16.1. The van der Waals surface area contributed by atoms with Crippen molar-refractivity contribution in [1.82, 2.24) is 19.5 Å². The lowest BCUT2D eigenvalue weighted by Crippen LogP contribution is -2.44. The summed E-state index contributed by atoms with van der Waals surface area (Å²) in [6, 6.07) is 3.46. The molecule has 0 bridgehead atoms. The van der Waals surface area contributed by atoms with Crippen molar-refractivity contribution in [1.29, 1.82) is 0 Å². The van der Waals surface area contributed by atoms with Crippen molar-refractivity contribution in [3.8, 4) is 0 Å². The number of nitrogens with zero attached hydrogens (tertiary/aromatic N) is 3. The average Bonchev–Trinajstić information content (AvgIpc) is 2.92. The molecule has 3 rings (SSSR count). The van der Waals surface area contributed by atoms with Crippen LogP contribution in [0.1, 0.15) is 26.6 Å². The number of aromatic nitrogens is 3. The van der Waals surface area contributed by atoms with Crippen LogP contribution < -0.4 is 10.9 Å². The number of rotatable bonds is 2. The lowest BCUT2D eigenvalue weighted by atomic mass is 10.1. The Bertz CT molecular complexity index is 924. The quantitative estimate of drug-likeness (QED) is 0.777. The number of hydrogen-bond acceptors (Lipinski definition) is 4. The lowest BCUT2D eigenvalue weighted by molar-refractivity contribution is -0.123. The summed E-state index contributed by atoms with van der Waals surface area (Å²) >= 11 is 0. The first kappa shape index (κ1) is 14.4. The maximum Gasteiger partial charge on any atom is 0.291 e. The van der Waals surface area contributed by atoms with E-state index in [2.05, 4.69) is 10.4 Å². The van der Waals surface area contributed by atoms with Gasteiger partial charge in [0.1, 0.15) is 17.9 Å². The highest BCUT2D eigenvalue weighted by Crippen LogP contribution is 2.19. The summed E-state index contributed by atoms with van der Waals surface area (Å²) in [5, 5.41) is 7.06. The number of aryl methyl sites for hydroxylation is 1. The van der Waals surface area contributed by atoms with Crippen molar-refractivity contribution in [2.75, 3.05) is 0 Å². The number of hydrogen-bond donors (Lipinski definition) is 1. The Morgan fingerprint density at radius 1 is 1.36 bits per heavy atom. The molecule has 0 fully saturated rings. The van der Waals surface area contributed by atoms with E-state index < -0.39 is 0 Å². The summed E-state index contributed by atoms with van der Waals surface area (Å²) < 4.78 is 8.24. The van der Waals surface area contributed by atoms with Gasteiger partial charge in [-0.3, -0.25) is 14.0 Å². The molecule has 0 aliphatic heterocycles. The van der Waals surface area contributed by atoms with Gasteiger partial charge in [-0.25, -0.2) is 4.68 Å². The van der Waals surface area contributed by atoms with E-state index in [1.165, 1.54) is 4.68 Å². The van der Waals surface area contributed by atoms with Crippen molar-refractivity contribution < 1.29 is 9.21 Å². The Morgan fingerprint density at radius 3 is 2.77 bits per heavy atom. The molecule has 3 aromatic heterocycles. The molecule has 1 N–H and O–H groups in total. The summed E-state index contributed by atoms with van der Waals surface area (Å²) in [6.45, 7) is 7.33. The molecule has 7 nitrogen and oxygen atoms in total. The number of furan rings is 1. The first-order valence-electron chi connectivity index (χ1n) is 7.04. The number of carbonyl (C=O) groups is 1. The maximum atomic E-state index is 12.5.